The fraction of sp³-hybridized carbons (Fsp3) is 0.700. The monoisotopic (exact) mass is 167 g/mol. The van der Waals surface area contributed by atoms with Gasteiger partial charge in [0.1, 0.15) is 0 Å². The summed E-state index contributed by atoms with van der Waals surface area (Å²) in [6, 6.07) is 0. The molecule has 0 spiro atoms. The third-order valence-electron chi connectivity index (χ3n) is 2.41. The molecule has 0 aliphatic heterocycles. The number of likely N-dealkylation sites (N-methyl/N-ethyl adjacent to an activating group) is 1. The van der Waals surface area contributed by atoms with Crippen molar-refractivity contribution in [3.8, 4) is 0 Å². The van der Waals surface area contributed by atoms with Gasteiger partial charge in [0, 0.05) is 18.5 Å². The lowest BCUT2D eigenvalue weighted by Gasteiger charge is -2.17. The summed E-state index contributed by atoms with van der Waals surface area (Å²) in [7, 11) is 0. The van der Waals surface area contributed by atoms with E-state index in [2.05, 4.69) is 24.8 Å². The molecule has 1 aliphatic carbocycles. The van der Waals surface area contributed by atoms with Crippen LogP contribution in [0.4, 0.5) is 0 Å². The topological polar surface area (TPSA) is 20.3 Å². The second kappa shape index (κ2) is 4.41. The molecule has 0 fully saturated rings. The van der Waals surface area contributed by atoms with Gasteiger partial charge in [-0.05, 0) is 19.5 Å². The largest absolute Gasteiger partial charge is 0.300 e. The van der Waals surface area contributed by atoms with Gasteiger partial charge < -0.3 is 0 Å². The highest BCUT2D eigenvalue weighted by atomic mass is 16.1. The molecular formula is C10H17NO. The Morgan fingerprint density at radius 1 is 1.42 bits per heavy atom. The van der Waals surface area contributed by atoms with Crippen molar-refractivity contribution < 1.29 is 4.79 Å². The van der Waals surface area contributed by atoms with E-state index in [9.17, 15) is 4.79 Å². The molecule has 0 amide bonds. The first-order valence-electron chi connectivity index (χ1n) is 4.72. The van der Waals surface area contributed by atoms with E-state index in [1.807, 2.05) is 0 Å². The van der Waals surface area contributed by atoms with Crippen LogP contribution in [0, 0.1) is 0 Å². The molecule has 68 valence electrons. The van der Waals surface area contributed by atoms with Crippen LogP contribution in [0.15, 0.2) is 11.6 Å². The van der Waals surface area contributed by atoms with Crippen molar-refractivity contribution in [1.82, 2.24) is 4.90 Å². The van der Waals surface area contributed by atoms with Crippen LogP contribution in [0.2, 0.25) is 0 Å². The molecule has 1 rings (SSSR count). The molecule has 0 aromatic rings. The standard InChI is InChI=1S/C10H17NO/c1-3-11(4-2)8-9-6-5-7-10(9)12/h6H,3-5,7-8H2,1-2H3. The van der Waals surface area contributed by atoms with E-state index in [1.54, 1.807) is 0 Å². The van der Waals surface area contributed by atoms with Gasteiger partial charge in [-0.2, -0.15) is 0 Å². The lowest BCUT2D eigenvalue weighted by Crippen LogP contribution is -2.26. The third kappa shape index (κ3) is 2.18. The predicted octanol–water partition coefficient (Wildman–Crippen LogP) is 1.62. The normalized spacial score (nSPS) is 17.2. The van der Waals surface area contributed by atoms with Crippen LogP contribution in [0.3, 0.4) is 0 Å². The van der Waals surface area contributed by atoms with Gasteiger partial charge in [0.25, 0.3) is 0 Å². The summed E-state index contributed by atoms with van der Waals surface area (Å²) >= 11 is 0. The maximum absolute atomic E-state index is 11.2. The molecule has 0 bridgehead atoms. The Balaban J connectivity index is 2.44. The predicted molar refractivity (Wildman–Crippen MR) is 50.1 cm³/mol. The molecule has 0 N–H and O–H groups in total. The number of hydrogen-bond donors (Lipinski definition) is 0. The van der Waals surface area contributed by atoms with Crippen molar-refractivity contribution in [2.45, 2.75) is 26.7 Å². The maximum atomic E-state index is 11.2. The second-order valence-electron chi connectivity index (χ2n) is 3.15. The quantitative estimate of drug-likeness (QED) is 0.634. The van der Waals surface area contributed by atoms with Gasteiger partial charge in [0.05, 0.1) is 0 Å². The molecule has 2 heteroatoms. The van der Waals surface area contributed by atoms with Crippen molar-refractivity contribution in [2.75, 3.05) is 19.6 Å². The summed E-state index contributed by atoms with van der Waals surface area (Å²) in [5.41, 5.74) is 1.03. The molecule has 0 saturated carbocycles. The van der Waals surface area contributed by atoms with Crippen LogP contribution >= 0.6 is 0 Å². The smallest absolute Gasteiger partial charge is 0.160 e. The van der Waals surface area contributed by atoms with Crippen molar-refractivity contribution >= 4 is 5.78 Å². The van der Waals surface area contributed by atoms with Crippen LogP contribution in [0.1, 0.15) is 26.7 Å². The Morgan fingerprint density at radius 2 is 2.08 bits per heavy atom. The zero-order valence-electron chi connectivity index (χ0n) is 7.97. The maximum Gasteiger partial charge on any atom is 0.160 e. The average molecular weight is 167 g/mol. The fourth-order valence-corrected chi connectivity index (χ4v) is 1.49. The van der Waals surface area contributed by atoms with Gasteiger partial charge in [0.15, 0.2) is 5.78 Å². The van der Waals surface area contributed by atoms with Crippen molar-refractivity contribution in [1.29, 1.82) is 0 Å². The summed E-state index contributed by atoms with van der Waals surface area (Å²) < 4.78 is 0. The minimum Gasteiger partial charge on any atom is -0.300 e. The SMILES string of the molecule is CCN(CC)CC1=CCCC1=O. The van der Waals surface area contributed by atoms with Crippen molar-refractivity contribution in [3.05, 3.63) is 11.6 Å². The summed E-state index contributed by atoms with van der Waals surface area (Å²) in [6.07, 6.45) is 3.77. The lowest BCUT2D eigenvalue weighted by molar-refractivity contribution is -0.115. The van der Waals surface area contributed by atoms with Crippen LogP contribution in [-0.2, 0) is 4.79 Å². The van der Waals surface area contributed by atoms with Crippen LogP contribution in [0.25, 0.3) is 0 Å². The Bertz CT molecular complexity index is 192. The molecule has 0 aromatic heterocycles. The molecule has 1 aliphatic rings. The van der Waals surface area contributed by atoms with Crippen LogP contribution in [0.5, 0.6) is 0 Å². The van der Waals surface area contributed by atoms with Crippen molar-refractivity contribution in [2.24, 2.45) is 0 Å². The van der Waals surface area contributed by atoms with Gasteiger partial charge in [-0.1, -0.05) is 19.9 Å². The molecule has 0 aromatic carbocycles. The highest BCUT2D eigenvalue weighted by Crippen LogP contribution is 2.14. The number of hydrogen-bond acceptors (Lipinski definition) is 2. The summed E-state index contributed by atoms with van der Waals surface area (Å²) in [4.78, 5) is 13.5. The molecule has 0 saturated heterocycles. The number of ketones is 1. The molecule has 12 heavy (non-hydrogen) atoms. The summed E-state index contributed by atoms with van der Waals surface area (Å²) in [5.74, 6) is 0.349. The Hall–Kier alpha value is -0.630. The van der Waals surface area contributed by atoms with Crippen molar-refractivity contribution in [3.63, 3.8) is 0 Å². The number of carbonyl (C=O) groups excluding carboxylic acids is 1. The number of Topliss-reactive ketones (excluding diaryl/α,β-unsaturated/α-hetero) is 1. The molecular weight excluding hydrogens is 150 g/mol. The zero-order chi connectivity index (χ0) is 8.97. The Kier molecular flexibility index (Phi) is 3.48. The lowest BCUT2D eigenvalue weighted by atomic mass is 10.2. The van der Waals surface area contributed by atoms with Gasteiger partial charge >= 0.3 is 0 Å². The number of allylic oxidation sites excluding steroid dienone is 1. The molecule has 0 unspecified atom stereocenters. The van der Waals surface area contributed by atoms with E-state index in [0.717, 1.165) is 38.0 Å². The minimum absolute atomic E-state index is 0.349. The molecule has 0 radical (unpaired) electrons. The Morgan fingerprint density at radius 3 is 2.50 bits per heavy atom. The molecule has 0 heterocycles. The summed E-state index contributed by atoms with van der Waals surface area (Å²) in [6.45, 7) is 7.17. The highest BCUT2D eigenvalue weighted by molar-refractivity contribution is 5.97. The van der Waals surface area contributed by atoms with E-state index >= 15 is 0 Å². The number of carbonyl (C=O) groups is 1. The first-order chi connectivity index (χ1) is 5.77. The van der Waals surface area contributed by atoms with E-state index in [0.29, 0.717) is 5.78 Å². The van der Waals surface area contributed by atoms with E-state index in [-0.39, 0.29) is 0 Å². The van der Waals surface area contributed by atoms with E-state index in [4.69, 9.17) is 0 Å². The van der Waals surface area contributed by atoms with Crippen LogP contribution in [-0.4, -0.2) is 30.3 Å². The van der Waals surface area contributed by atoms with Crippen LogP contribution < -0.4 is 0 Å². The minimum atomic E-state index is 0.349. The van der Waals surface area contributed by atoms with E-state index in [1.165, 1.54) is 0 Å². The first kappa shape index (κ1) is 9.46. The average Bonchev–Trinajstić information content (AvgIpc) is 2.47. The summed E-state index contributed by atoms with van der Waals surface area (Å²) in [5, 5.41) is 0. The fourth-order valence-electron chi connectivity index (χ4n) is 1.49. The van der Waals surface area contributed by atoms with Gasteiger partial charge in [-0.25, -0.2) is 0 Å². The highest BCUT2D eigenvalue weighted by Gasteiger charge is 2.16. The van der Waals surface area contributed by atoms with Gasteiger partial charge in [-0.15, -0.1) is 0 Å². The van der Waals surface area contributed by atoms with Gasteiger partial charge in [-0.3, -0.25) is 9.69 Å². The zero-order valence-corrected chi connectivity index (χ0v) is 7.97. The molecule has 2 nitrogen and oxygen atoms in total. The molecule has 0 atom stereocenters. The second-order valence-corrected chi connectivity index (χ2v) is 3.15. The number of rotatable bonds is 4. The first-order valence-corrected chi connectivity index (χ1v) is 4.72. The van der Waals surface area contributed by atoms with Gasteiger partial charge in [0.2, 0.25) is 0 Å². The van der Waals surface area contributed by atoms with E-state index < -0.39 is 0 Å². The Labute approximate surface area is 74.2 Å². The third-order valence-corrected chi connectivity index (χ3v) is 2.41. The number of nitrogens with zero attached hydrogens (tertiary/aromatic N) is 1.